The van der Waals surface area contributed by atoms with E-state index >= 15 is 0 Å². The van der Waals surface area contributed by atoms with Gasteiger partial charge in [0.05, 0.1) is 23.1 Å². The minimum absolute atomic E-state index is 0.265. The maximum Gasteiger partial charge on any atom is 0.252 e. The molecule has 2 unspecified atom stereocenters. The number of anilines is 3. The van der Waals surface area contributed by atoms with E-state index in [-0.39, 0.29) is 6.04 Å². The number of hydrogen-bond acceptors (Lipinski definition) is 6. The number of hydrogen-bond donors (Lipinski definition) is 4. The maximum absolute atomic E-state index is 11.9. The summed E-state index contributed by atoms with van der Waals surface area (Å²) in [6.07, 6.45) is 9.35. The second-order valence-corrected chi connectivity index (χ2v) is 7.71. The van der Waals surface area contributed by atoms with Crippen LogP contribution in [0.4, 0.5) is 17.2 Å². The Morgan fingerprint density at radius 3 is 2.61 bits per heavy atom. The van der Waals surface area contributed by atoms with Crippen LogP contribution in [0.5, 0.6) is 0 Å². The number of nitrogens with one attached hydrogen (secondary N) is 2. The Morgan fingerprint density at radius 1 is 1.14 bits per heavy atom. The summed E-state index contributed by atoms with van der Waals surface area (Å²) in [5, 5.41) is 4.51. The van der Waals surface area contributed by atoms with Gasteiger partial charge in [0.25, 0.3) is 5.91 Å². The molecular formula is C20H23N7O. The molecule has 2 fully saturated rings. The summed E-state index contributed by atoms with van der Waals surface area (Å²) in [7, 11) is 0. The lowest BCUT2D eigenvalue weighted by Crippen LogP contribution is -2.47. The zero-order valence-corrected chi connectivity index (χ0v) is 15.4. The summed E-state index contributed by atoms with van der Waals surface area (Å²) in [5.74, 6) is 0.527. The Hall–Kier alpha value is -3.29. The van der Waals surface area contributed by atoms with Crippen LogP contribution in [0.3, 0.4) is 0 Å². The van der Waals surface area contributed by atoms with Gasteiger partial charge in [-0.1, -0.05) is 0 Å². The second kappa shape index (κ2) is 6.40. The topological polar surface area (TPSA) is 126 Å². The third kappa shape index (κ3) is 2.72. The minimum Gasteiger partial charge on any atom is -0.397 e. The first kappa shape index (κ1) is 16.9. The fourth-order valence-corrected chi connectivity index (χ4v) is 4.77. The molecule has 144 valence electrons. The first-order valence-corrected chi connectivity index (χ1v) is 9.62. The van der Waals surface area contributed by atoms with Crippen LogP contribution in [0, 0.1) is 0 Å². The fraction of sp³-hybridized carbons (Fsp3) is 0.350. The number of nitrogens with zero attached hydrogens (tertiary/aromatic N) is 3. The number of carbonyl (C=O) groups excluding carboxylic acids is 1. The fourth-order valence-electron chi connectivity index (χ4n) is 4.77. The Morgan fingerprint density at radius 2 is 1.93 bits per heavy atom. The van der Waals surface area contributed by atoms with Crippen LogP contribution in [-0.2, 0) is 0 Å². The van der Waals surface area contributed by atoms with Crippen molar-refractivity contribution in [3.8, 4) is 0 Å². The molecule has 6 N–H and O–H groups in total. The smallest absolute Gasteiger partial charge is 0.252 e. The van der Waals surface area contributed by atoms with Gasteiger partial charge >= 0.3 is 0 Å². The molecule has 5 rings (SSSR count). The van der Waals surface area contributed by atoms with Crippen molar-refractivity contribution in [2.75, 3.05) is 16.0 Å². The van der Waals surface area contributed by atoms with E-state index in [9.17, 15) is 4.79 Å². The highest BCUT2D eigenvalue weighted by Gasteiger charge is 2.41. The second-order valence-electron chi connectivity index (χ2n) is 7.71. The van der Waals surface area contributed by atoms with Crippen molar-refractivity contribution in [3.63, 3.8) is 0 Å². The highest BCUT2D eigenvalue weighted by Crippen LogP contribution is 2.40. The van der Waals surface area contributed by atoms with Crippen LogP contribution >= 0.6 is 0 Å². The van der Waals surface area contributed by atoms with Crippen LogP contribution in [-0.4, -0.2) is 39.0 Å². The number of aromatic amines is 1. The number of fused-ring (bicyclic) bond motifs is 3. The van der Waals surface area contributed by atoms with Crippen LogP contribution in [0.2, 0.25) is 0 Å². The van der Waals surface area contributed by atoms with Gasteiger partial charge in [-0.3, -0.25) is 4.79 Å². The lowest BCUT2D eigenvalue weighted by molar-refractivity contribution is 0.100. The Kier molecular flexibility index (Phi) is 3.85. The van der Waals surface area contributed by atoms with E-state index in [1.165, 1.54) is 0 Å². The zero-order chi connectivity index (χ0) is 19.3. The molecule has 1 amide bonds. The number of rotatable bonds is 4. The van der Waals surface area contributed by atoms with Gasteiger partial charge < -0.3 is 26.7 Å². The van der Waals surface area contributed by atoms with Crippen molar-refractivity contribution in [3.05, 3.63) is 42.4 Å². The molecule has 0 saturated carbocycles. The molecule has 0 aromatic carbocycles. The summed E-state index contributed by atoms with van der Waals surface area (Å²) in [4.78, 5) is 26.3. The molecule has 0 radical (unpaired) electrons. The molecule has 0 aliphatic carbocycles. The number of pyridine rings is 2. The Bertz CT molecular complexity index is 1010. The number of piperidine rings is 1. The predicted molar refractivity (Wildman–Crippen MR) is 109 cm³/mol. The van der Waals surface area contributed by atoms with Crippen LogP contribution in [0.15, 0.2) is 36.8 Å². The van der Waals surface area contributed by atoms with Gasteiger partial charge in [0.1, 0.15) is 11.5 Å². The largest absolute Gasteiger partial charge is 0.397 e. The standard InChI is InChI=1S/C20H23N7O/c21-11-1-4-17(24-9-11)27-13-2-3-14(27)8-12(7-13)26-18-15-5-6-23-20(15)25-10-16(18)19(22)28/h1,4-6,9-10,12-14H,2-3,7-8,21H2,(H2,22,28)(H2,23,25,26). The van der Waals surface area contributed by atoms with Gasteiger partial charge in [-0.05, 0) is 43.9 Å². The first-order valence-electron chi connectivity index (χ1n) is 9.62. The average Bonchev–Trinajstić information content (AvgIpc) is 3.25. The molecular weight excluding hydrogens is 354 g/mol. The number of nitrogens with two attached hydrogens (primary N) is 2. The van der Waals surface area contributed by atoms with Gasteiger partial charge in [0, 0.05) is 35.9 Å². The number of amides is 1. The number of carbonyl (C=O) groups is 1. The quantitative estimate of drug-likeness (QED) is 0.552. The van der Waals surface area contributed by atoms with E-state index in [4.69, 9.17) is 11.5 Å². The van der Waals surface area contributed by atoms with Crippen molar-refractivity contribution < 1.29 is 4.79 Å². The average molecular weight is 377 g/mol. The molecule has 28 heavy (non-hydrogen) atoms. The normalized spacial score (nSPS) is 23.9. The summed E-state index contributed by atoms with van der Waals surface area (Å²) in [5.41, 5.74) is 14.0. The SMILES string of the molecule is NC(=O)c1cnc2[nH]ccc2c1NC1CC2CCC(C1)N2c1ccc(N)cn1. The van der Waals surface area contributed by atoms with Gasteiger partial charge in [0.15, 0.2) is 0 Å². The van der Waals surface area contributed by atoms with Crippen LogP contribution in [0.25, 0.3) is 11.0 Å². The molecule has 2 saturated heterocycles. The van der Waals surface area contributed by atoms with Crippen molar-refractivity contribution >= 4 is 34.1 Å². The first-order chi connectivity index (χ1) is 13.6. The Balaban J connectivity index is 1.41. The number of primary amides is 1. The highest BCUT2D eigenvalue weighted by molar-refractivity contribution is 6.06. The lowest BCUT2D eigenvalue weighted by atomic mass is 9.96. The van der Waals surface area contributed by atoms with Crippen LogP contribution in [0.1, 0.15) is 36.0 Å². The molecule has 2 aliphatic heterocycles. The lowest BCUT2D eigenvalue weighted by Gasteiger charge is -2.40. The van der Waals surface area contributed by atoms with E-state index in [0.717, 1.165) is 48.2 Å². The van der Waals surface area contributed by atoms with Crippen molar-refractivity contribution in [2.45, 2.75) is 43.8 Å². The van der Waals surface area contributed by atoms with Gasteiger partial charge in [0.2, 0.25) is 0 Å². The maximum atomic E-state index is 11.9. The number of aromatic nitrogens is 3. The highest BCUT2D eigenvalue weighted by atomic mass is 16.1. The van der Waals surface area contributed by atoms with Gasteiger partial charge in [-0.25, -0.2) is 9.97 Å². The molecule has 8 nitrogen and oxygen atoms in total. The summed E-state index contributed by atoms with van der Waals surface area (Å²) in [6, 6.07) is 6.96. The monoisotopic (exact) mass is 377 g/mol. The van der Waals surface area contributed by atoms with E-state index in [2.05, 4.69) is 25.2 Å². The molecule has 3 aromatic rings. The predicted octanol–water partition coefficient (Wildman–Crippen LogP) is 2.25. The van der Waals surface area contributed by atoms with Gasteiger partial charge in [-0.15, -0.1) is 0 Å². The third-order valence-electron chi connectivity index (χ3n) is 5.97. The van der Waals surface area contributed by atoms with Crippen molar-refractivity contribution in [1.82, 2.24) is 15.0 Å². The van der Waals surface area contributed by atoms with Gasteiger partial charge in [-0.2, -0.15) is 0 Å². The number of nitrogen functional groups attached to an aromatic ring is 1. The molecule has 2 atom stereocenters. The zero-order valence-electron chi connectivity index (χ0n) is 15.4. The van der Waals surface area contributed by atoms with Crippen LogP contribution < -0.4 is 21.7 Å². The summed E-state index contributed by atoms with van der Waals surface area (Å²) >= 11 is 0. The molecule has 0 spiro atoms. The Labute approximate surface area is 162 Å². The molecule has 3 aromatic heterocycles. The minimum atomic E-state index is -0.468. The molecule has 2 bridgehead atoms. The van der Waals surface area contributed by atoms with E-state index in [0.29, 0.717) is 23.3 Å². The van der Waals surface area contributed by atoms with E-state index in [1.807, 2.05) is 24.4 Å². The summed E-state index contributed by atoms with van der Waals surface area (Å²) in [6.45, 7) is 0. The number of H-pyrrole nitrogens is 1. The molecule has 2 aliphatic rings. The third-order valence-corrected chi connectivity index (χ3v) is 5.97. The molecule has 8 heteroatoms. The van der Waals surface area contributed by atoms with E-state index in [1.54, 1.807) is 12.4 Å². The van der Waals surface area contributed by atoms with Crippen molar-refractivity contribution in [1.29, 1.82) is 0 Å². The summed E-state index contributed by atoms with van der Waals surface area (Å²) < 4.78 is 0. The van der Waals surface area contributed by atoms with E-state index < -0.39 is 5.91 Å². The molecule has 5 heterocycles. The van der Waals surface area contributed by atoms with Crippen molar-refractivity contribution in [2.24, 2.45) is 5.73 Å².